The molecular weight excluding hydrogens is 236 g/mol. The zero-order valence-electron chi connectivity index (χ0n) is 11.1. The van der Waals surface area contributed by atoms with Crippen molar-refractivity contribution in [2.45, 2.75) is 45.1 Å². The third-order valence-corrected chi connectivity index (χ3v) is 2.50. The predicted octanol–water partition coefficient (Wildman–Crippen LogP) is 3.34. The van der Waals surface area contributed by atoms with Crippen LogP contribution in [0.1, 0.15) is 39.4 Å². The van der Waals surface area contributed by atoms with Crippen LogP contribution in [0.2, 0.25) is 0 Å². The second-order valence-corrected chi connectivity index (χ2v) is 5.55. The van der Waals surface area contributed by atoms with Gasteiger partial charge in [0.05, 0.1) is 0 Å². The van der Waals surface area contributed by atoms with Gasteiger partial charge in [-0.2, -0.15) is 0 Å². The highest BCUT2D eigenvalue weighted by Gasteiger charge is 2.44. The quantitative estimate of drug-likeness (QED) is 0.881. The van der Waals surface area contributed by atoms with E-state index in [0.29, 0.717) is 0 Å². The van der Waals surface area contributed by atoms with Crippen molar-refractivity contribution in [1.29, 1.82) is 0 Å². The number of halogens is 2. The van der Waals surface area contributed by atoms with E-state index in [4.69, 9.17) is 0 Å². The minimum atomic E-state index is -2.59. The van der Waals surface area contributed by atoms with Crippen LogP contribution in [0.3, 0.4) is 0 Å². The van der Waals surface area contributed by atoms with Crippen LogP contribution in [-0.4, -0.2) is 17.1 Å². The Bertz CT molecular complexity index is 410. The van der Waals surface area contributed by atoms with Gasteiger partial charge in [0.25, 0.3) is 5.91 Å². The zero-order chi connectivity index (χ0) is 14.0. The molecular formula is C14H19F2NO. The fourth-order valence-corrected chi connectivity index (χ4v) is 1.51. The van der Waals surface area contributed by atoms with Crippen LogP contribution >= 0.6 is 0 Å². The van der Waals surface area contributed by atoms with Gasteiger partial charge < -0.3 is 5.32 Å². The average molecular weight is 255 g/mol. The van der Waals surface area contributed by atoms with Crippen molar-refractivity contribution >= 4 is 5.91 Å². The van der Waals surface area contributed by atoms with Crippen LogP contribution in [0, 0.1) is 0 Å². The molecule has 0 radical (unpaired) electrons. The van der Waals surface area contributed by atoms with E-state index >= 15 is 0 Å². The molecule has 0 aliphatic rings. The first-order valence-corrected chi connectivity index (χ1v) is 5.85. The van der Waals surface area contributed by atoms with E-state index in [0.717, 1.165) is 6.92 Å². The molecule has 1 aromatic carbocycles. The zero-order valence-corrected chi connectivity index (χ0v) is 11.1. The minimum absolute atomic E-state index is 0.159. The molecule has 18 heavy (non-hydrogen) atoms. The van der Waals surface area contributed by atoms with Crippen LogP contribution < -0.4 is 5.32 Å². The number of benzene rings is 1. The van der Waals surface area contributed by atoms with Gasteiger partial charge in [0.1, 0.15) is 0 Å². The van der Waals surface area contributed by atoms with Crippen molar-refractivity contribution in [2.75, 3.05) is 0 Å². The van der Waals surface area contributed by atoms with Crippen molar-refractivity contribution in [2.24, 2.45) is 0 Å². The fourth-order valence-electron chi connectivity index (χ4n) is 1.51. The number of amides is 1. The van der Waals surface area contributed by atoms with Crippen LogP contribution in [0.4, 0.5) is 8.78 Å². The van der Waals surface area contributed by atoms with Crippen LogP contribution in [0.25, 0.3) is 0 Å². The molecule has 4 heteroatoms. The van der Waals surface area contributed by atoms with Crippen LogP contribution in [-0.2, 0) is 4.79 Å². The Morgan fingerprint density at radius 1 is 1.17 bits per heavy atom. The van der Waals surface area contributed by atoms with Gasteiger partial charge in [-0.05, 0) is 33.3 Å². The highest BCUT2D eigenvalue weighted by Crippen LogP contribution is 2.33. The standard InChI is InChI=1S/C14H19F2NO/c1-13(2,3)17-12(18)14(4,16)11(15)10-8-6-5-7-9-10/h5-9,11H,1-4H3,(H,17,18)/t11-,14-/m0/s1. The summed E-state index contributed by atoms with van der Waals surface area (Å²) in [5.41, 5.74) is -3.03. The van der Waals surface area contributed by atoms with Crippen molar-refractivity contribution in [3.05, 3.63) is 35.9 Å². The van der Waals surface area contributed by atoms with Gasteiger partial charge in [0.15, 0.2) is 6.17 Å². The van der Waals surface area contributed by atoms with Crippen molar-refractivity contribution in [3.63, 3.8) is 0 Å². The van der Waals surface area contributed by atoms with Crippen molar-refractivity contribution in [3.8, 4) is 0 Å². The van der Waals surface area contributed by atoms with Gasteiger partial charge >= 0.3 is 0 Å². The number of carbonyl (C=O) groups excluding carboxylic acids is 1. The molecule has 2 nitrogen and oxygen atoms in total. The SMILES string of the molecule is CC(C)(C)NC(=O)[C@@](C)(F)[C@@H](F)c1ccccc1. The van der Waals surface area contributed by atoms with E-state index in [-0.39, 0.29) is 5.56 Å². The number of rotatable bonds is 3. The predicted molar refractivity (Wildman–Crippen MR) is 67.7 cm³/mol. The summed E-state index contributed by atoms with van der Waals surface area (Å²) >= 11 is 0. The molecule has 0 saturated heterocycles. The smallest absolute Gasteiger partial charge is 0.261 e. The summed E-state index contributed by atoms with van der Waals surface area (Å²) in [7, 11) is 0. The van der Waals surface area contributed by atoms with E-state index in [1.807, 2.05) is 0 Å². The maximum Gasteiger partial charge on any atom is 0.261 e. The number of alkyl halides is 2. The van der Waals surface area contributed by atoms with Gasteiger partial charge in [0.2, 0.25) is 5.67 Å². The van der Waals surface area contributed by atoms with Gasteiger partial charge in [-0.1, -0.05) is 30.3 Å². The summed E-state index contributed by atoms with van der Waals surface area (Å²) in [5, 5.41) is 2.46. The van der Waals surface area contributed by atoms with Gasteiger partial charge in [-0.3, -0.25) is 4.79 Å². The number of hydrogen-bond acceptors (Lipinski definition) is 1. The maximum absolute atomic E-state index is 14.3. The molecule has 0 heterocycles. The first-order valence-electron chi connectivity index (χ1n) is 5.85. The molecule has 1 N–H and O–H groups in total. The van der Waals surface area contributed by atoms with Gasteiger partial charge in [0, 0.05) is 5.54 Å². The van der Waals surface area contributed by atoms with E-state index in [1.54, 1.807) is 39.0 Å². The molecule has 0 bridgehead atoms. The number of hydrogen-bond donors (Lipinski definition) is 1. The van der Waals surface area contributed by atoms with E-state index < -0.39 is 23.3 Å². The molecule has 0 aliphatic heterocycles. The molecule has 1 amide bonds. The summed E-state index contributed by atoms with van der Waals surface area (Å²) < 4.78 is 28.4. The lowest BCUT2D eigenvalue weighted by molar-refractivity contribution is -0.137. The lowest BCUT2D eigenvalue weighted by Gasteiger charge is -2.29. The topological polar surface area (TPSA) is 29.1 Å². The van der Waals surface area contributed by atoms with Gasteiger partial charge in [-0.15, -0.1) is 0 Å². The Morgan fingerprint density at radius 2 is 1.67 bits per heavy atom. The first kappa shape index (κ1) is 14.6. The maximum atomic E-state index is 14.3. The van der Waals surface area contributed by atoms with E-state index in [9.17, 15) is 13.6 Å². The van der Waals surface area contributed by atoms with E-state index in [1.165, 1.54) is 12.1 Å². The second-order valence-electron chi connectivity index (χ2n) is 5.55. The second kappa shape index (κ2) is 5.04. The molecule has 0 aliphatic carbocycles. The van der Waals surface area contributed by atoms with Crippen molar-refractivity contribution in [1.82, 2.24) is 5.32 Å². The Morgan fingerprint density at radius 3 is 2.11 bits per heavy atom. The van der Waals surface area contributed by atoms with Gasteiger partial charge in [-0.25, -0.2) is 8.78 Å². The average Bonchev–Trinajstić information content (AvgIpc) is 2.27. The fraction of sp³-hybridized carbons (Fsp3) is 0.500. The van der Waals surface area contributed by atoms with E-state index in [2.05, 4.69) is 5.32 Å². The molecule has 0 fully saturated rings. The molecule has 1 rings (SSSR count). The molecule has 100 valence electrons. The monoisotopic (exact) mass is 255 g/mol. The first-order chi connectivity index (χ1) is 8.14. The Hall–Kier alpha value is -1.45. The number of carbonyl (C=O) groups is 1. The minimum Gasteiger partial charge on any atom is -0.349 e. The molecule has 1 aromatic rings. The Balaban J connectivity index is 2.89. The highest BCUT2D eigenvalue weighted by molar-refractivity contribution is 5.86. The number of nitrogens with one attached hydrogen (secondary N) is 1. The molecule has 2 atom stereocenters. The summed E-state index contributed by atoms with van der Waals surface area (Å²) in [5.74, 6) is -0.939. The summed E-state index contributed by atoms with van der Waals surface area (Å²) in [4.78, 5) is 11.8. The molecule has 0 spiro atoms. The lowest BCUT2D eigenvalue weighted by Crippen LogP contribution is -2.51. The third-order valence-electron chi connectivity index (χ3n) is 2.50. The summed E-state index contributed by atoms with van der Waals surface area (Å²) in [6.45, 7) is 6.12. The van der Waals surface area contributed by atoms with Crippen LogP contribution in [0.15, 0.2) is 30.3 Å². The summed E-state index contributed by atoms with van der Waals surface area (Å²) in [6.07, 6.45) is -1.99. The normalized spacial score (nSPS) is 16.8. The molecule has 0 aromatic heterocycles. The highest BCUT2D eigenvalue weighted by atomic mass is 19.2. The largest absolute Gasteiger partial charge is 0.349 e. The Labute approximate surface area is 106 Å². The third kappa shape index (κ3) is 3.52. The van der Waals surface area contributed by atoms with Crippen LogP contribution in [0.5, 0.6) is 0 Å². The Kier molecular flexibility index (Phi) is 4.09. The van der Waals surface area contributed by atoms with Crippen molar-refractivity contribution < 1.29 is 13.6 Å². The molecule has 0 saturated carbocycles. The molecule has 0 unspecified atom stereocenters. The summed E-state index contributed by atoms with van der Waals surface area (Å²) in [6, 6.07) is 7.86. The lowest BCUT2D eigenvalue weighted by atomic mass is 9.94.